The highest BCUT2D eigenvalue weighted by molar-refractivity contribution is 5.99. The fraction of sp³-hybridized carbons (Fsp3) is 0.227. The second-order valence-corrected chi connectivity index (χ2v) is 7.07. The second-order valence-electron chi connectivity index (χ2n) is 7.07. The maximum atomic E-state index is 12.8. The number of para-hydroxylation sites is 3. The summed E-state index contributed by atoms with van der Waals surface area (Å²) in [5.41, 5.74) is 4.86. The van der Waals surface area contributed by atoms with E-state index in [2.05, 4.69) is 34.2 Å². The minimum Gasteiger partial charge on any atom is -0.367 e. The lowest BCUT2D eigenvalue weighted by atomic mass is 9.94. The first-order valence-corrected chi connectivity index (χ1v) is 9.21. The van der Waals surface area contributed by atoms with Gasteiger partial charge in [0.15, 0.2) is 0 Å². The first-order chi connectivity index (χ1) is 13.3. The Morgan fingerprint density at radius 2 is 1.96 bits per heavy atom. The summed E-state index contributed by atoms with van der Waals surface area (Å²) in [4.78, 5) is 19.7. The summed E-state index contributed by atoms with van der Waals surface area (Å²) >= 11 is 0. The molecule has 0 fully saturated rings. The van der Waals surface area contributed by atoms with Crippen molar-refractivity contribution in [2.24, 2.45) is 0 Å². The van der Waals surface area contributed by atoms with E-state index in [0.717, 1.165) is 36.0 Å². The van der Waals surface area contributed by atoms with Gasteiger partial charge in [0, 0.05) is 24.9 Å². The lowest BCUT2D eigenvalue weighted by Crippen LogP contribution is -2.34. The Kier molecular flexibility index (Phi) is 3.58. The average Bonchev–Trinajstić information content (AvgIpc) is 3.08. The van der Waals surface area contributed by atoms with Gasteiger partial charge >= 0.3 is 0 Å². The predicted molar refractivity (Wildman–Crippen MR) is 104 cm³/mol. The zero-order valence-corrected chi connectivity index (χ0v) is 14.8. The Hall–Kier alpha value is -3.39. The molecule has 3 aromatic rings. The number of aromatic nitrogens is 2. The molecule has 0 saturated heterocycles. The van der Waals surface area contributed by atoms with Crippen molar-refractivity contribution in [3.63, 3.8) is 0 Å². The third-order valence-corrected chi connectivity index (χ3v) is 5.45. The van der Waals surface area contributed by atoms with Gasteiger partial charge in [0.05, 0.1) is 17.1 Å². The summed E-state index contributed by atoms with van der Waals surface area (Å²) in [6.07, 6.45) is 3.78. The number of rotatable bonds is 2. The molecule has 2 aliphatic heterocycles. The summed E-state index contributed by atoms with van der Waals surface area (Å²) in [7, 11) is 0. The van der Waals surface area contributed by atoms with Gasteiger partial charge in [0.2, 0.25) is 0 Å². The van der Waals surface area contributed by atoms with Crippen molar-refractivity contribution in [2.75, 3.05) is 18.0 Å². The zero-order valence-electron chi connectivity index (χ0n) is 14.8. The van der Waals surface area contributed by atoms with Crippen LogP contribution in [0.15, 0.2) is 60.2 Å². The molecule has 0 radical (unpaired) electrons. The molecule has 5 nitrogen and oxygen atoms in total. The Morgan fingerprint density at radius 3 is 2.85 bits per heavy atom. The predicted octanol–water partition coefficient (Wildman–Crippen LogP) is 3.68. The number of aryl methyl sites for hydroxylation is 1. The molecule has 5 rings (SSSR count). The van der Waals surface area contributed by atoms with Crippen molar-refractivity contribution in [1.82, 2.24) is 9.55 Å². The molecule has 5 heteroatoms. The van der Waals surface area contributed by atoms with Gasteiger partial charge < -0.3 is 4.90 Å². The quantitative estimate of drug-likeness (QED) is 0.704. The lowest BCUT2D eigenvalue weighted by molar-refractivity contribution is 0.0964. The van der Waals surface area contributed by atoms with Gasteiger partial charge in [-0.15, -0.1) is 0 Å². The van der Waals surface area contributed by atoms with E-state index in [-0.39, 0.29) is 5.91 Å². The smallest absolute Gasteiger partial charge is 0.256 e. The molecule has 27 heavy (non-hydrogen) atoms. The van der Waals surface area contributed by atoms with Crippen molar-refractivity contribution >= 4 is 22.6 Å². The van der Waals surface area contributed by atoms with E-state index in [9.17, 15) is 10.1 Å². The molecule has 0 bridgehead atoms. The first kappa shape index (κ1) is 15.8. The van der Waals surface area contributed by atoms with Crippen LogP contribution >= 0.6 is 0 Å². The number of hydrogen-bond donors (Lipinski definition) is 0. The van der Waals surface area contributed by atoms with E-state index in [0.29, 0.717) is 12.4 Å². The minimum absolute atomic E-state index is 0.120. The third kappa shape index (κ3) is 2.45. The number of hydrogen-bond acceptors (Lipinski definition) is 4. The Morgan fingerprint density at radius 1 is 1.15 bits per heavy atom. The van der Waals surface area contributed by atoms with E-state index in [4.69, 9.17) is 0 Å². The monoisotopic (exact) mass is 354 g/mol. The molecule has 0 unspecified atom stereocenters. The van der Waals surface area contributed by atoms with Gasteiger partial charge in [0.25, 0.3) is 5.91 Å². The van der Waals surface area contributed by atoms with E-state index in [1.807, 2.05) is 30.3 Å². The van der Waals surface area contributed by atoms with Crippen LogP contribution in [-0.2, 0) is 6.42 Å². The summed E-state index contributed by atoms with van der Waals surface area (Å²) in [6, 6.07) is 18.3. The fourth-order valence-electron chi connectivity index (χ4n) is 4.22. The van der Waals surface area contributed by atoms with Crippen LogP contribution in [0.5, 0.6) is 0 Å². The highest BCUT2D eigenvalue weighted by Crippen LogP contribution is 2.34. The molecule has 0 spiro atoms. The number of carbonyl (C=O) groups is 1. The average molecular weight is 354 g/mol. The maximum Gasteiger partial charge on any atom is 0.256 e. The van der Waals surface area contributed by atoms with Crippen LogP contribution in [0.25, 0.3) is 11.0 Å². The summed E-state index contributed by atoms with van der Waals surface area (Å²) in [5, 5.41) is 9.87. The molecule has 1 aromatic heterocycles. The van der Waals surface area contributed by atoms with Crippen molar-refractivity contribution in [3.05, 3.63) is 71.6 Å². The van der Waals surface area contributed by atoms with Crippen molar-refractivity contribution in [3.8, 4) is 6.07 Å². The number of carbonyl (C=O) groups excluding carboxylic acids is 1. The number of anilines is 1. The largest absolute Gasteiger partial charge is 0.367 e. The number of nitriles is 1. The van der Waals surface area contributed by atoms with E-state index < -0.39 is 5.92 Å². The zero-order chi connectivity index (χ0) is 18.4. The number of imidazole rings is 1. The molecule has 0 saturated carbocycles. The van der Waals surface area contributed by atoms with Crippen LogP contribution in [0, 0.1) is 11.3 Å². The normalized spacial score (nSPS) is 18.6. The van der Waals surface area contributed by atoms with Gasteiger partial charge in [-0.05, 0) is 42.2 Å². The van der Waals surface area contributed by atoms with Crippen molar-refractivity contribution < 1.29 is 4.79 Å². The molecule has 1 atom stereocenters. The van der Waals surface area contributed by atoms with Gasteiger partial charge in [-0.1, -0.05) is 30.3 Å². The maximum absolute atomic E-state index is 12.8. The van der Waals surface area contributed by atoms with Crippen LogP contribution in [0.1, 0.15) is 28.5 Å². The van der Waals surface area contributed by atoms with Gasteiger partial charge in [-0.25, -0.2) is 4.98 Å². The molecule has 132 valence electrons. The SMILES string of the molecule is N#C[C@@H]1C(CN2CCCc3ccccc32)=CC(=O)n2c1nc1ccccc12. The Balaban J connectivity index is 1.55. The number of nitrogens with zero attached hydrogens (tertiary/aromatic N) is 4. The van der Waals surface area contributed by atoms with Crippen LogP contribution in [0.2, 0.25) is 0 Å². The summed E-state index contributed by atoms with van der Waals surface area (Å²) in [5.74, 6) is -0.0961. The molecule has 0 amide bonds. The first-order valence-electron chi connectivity index (χ1n) is 9.21. The summed E-state index contributed by atoms with van der Waals surface area (Å²) in [6.45, 7) is 1.50. The van der Waals surface area contributed by atoms with Crippen LogP contribution in [-0.4, -0.2) is 28.5 Å². The minimum atomic E-state index is -0.510. The van der Waals surface area contributed by atoms with Gasteiger partial charge in [0.1, 0.15) is 11.7 Å². The molecule has 0 aliphatic carbocycles. The third-order valence-electron chi connectivity index (χ3n) is 5.45. The number of fused-ring (bicyclic) bond motifs is 4. The lowest BCUT2D eigenvalue weighted by Gasteiger charge is -2.33. The number of allylic oxidation sites excluding steroid dienone is 1. The van der Waals surface area contributed by atoms with Crippen LogP contribution in [0.3, 0.4) is 0 Å². The number of benzene rings is 2. The van der Waals surface area contributed by atoms with Crippen LogP contribution in [0.4, 0.5) is 5.69 Å². The Bertz CT molecular complexity index is 1130. The van der Waals surface area contributed by atoms with Crippen LogP contribution < -0.4 is 4.90 Å². The Labute approximate surface area is 157 Å². The van der Waals surface area contributed by atoms with E-state index in [1.54, 1.807) is 10.6 Å². The highest BCUT2D eigenvalue weighted by atomic mass is 16.2. The van der Waals surface area contributed by atoms with Gasteiger partial charge in [-0.2, -0.15) is 5.26 Å². The highest BCUT2D eigenvalue weighted by Gasteiger charge is 2.32. The van der Waals surface area contributed by atoms with Crippen molar-refractivity contribution in [1.29, 1.82) is 5.26 Å². The molecule has 2 aliphatic rings. The molecular formula is C22H18N4O. The van der Waals surface area contributed by atoms with E-state index in [1.165, 1.54) is 11.3 Å². The molecule has 2 aromatic carbocycles. The molecule has 0 N–H and O–H groups in total. The second kappa shape index (κ2) is 6.10. The summed E-state index contributed by atoms with van der Waals surface area (Å²) < 4.78 is 1.58. The fourth-order valence-corrected chi connectivity index (χ4v) is 4.22. The molecule has 3 heterocycles. The van der Waals surface area contributed by atoms with E-state index >= 15 is 0 Å². The standard InChI is InChI=1S/C22H18N4O/c23-13-17-16(14-25-11-5-7-15-6-1-3-9-19(15)25)12-21(27)26-20-10-4-2-8-18(20)24-22(17)26/h1-4,6,8-10,12,17H,5,7,11,14H2/t17-/m1/s1. The van der Waals surface area contributed by atoms with Crippen molar-refractivity contribution in [2.45, 2.75) is 18.8 Å². The topological polar surface area (TPSA) is 61.9 Å². The molecular weight excluding hydrogens is 336 g/mol. The van der Waals surface area contributed by atoms with Gasteiger partial charge in [-0.3, -0.25) is 9.36 Å².